The van der Waals surface area contributed by atoms with Crippen molar-refractivity contribution in [2.75, 3.05) is 42.0 Å². The van der Waals surface area contributed by atoms with Gasteiger partial charge in [0, 0.05) is 5.56 Å². The van der Waals surface area contributed by atoms with Gasteiger partial charge in [0.05, 0.1) is 27.4 Å². The number of ether oxygens (including phenoxy) is 3. The molecule has 2 aromatic carbocycles. The summed E-state index contributed by atoms with van der Waals surface area (Å²) in [6, 6.07) is 9.09. The summed E-state index contributed by atoms with van der Waals surface area (Å²) in [5, 5.41) is 3.02. The van der Waals surface area contributed by atoms with Gasteiger partial charge in [0.1, 0.15) is 5.82 Å². The lowest BCUT2D eigenvalue weighted by molar-refractivity contribution is 0.0932. The highest BCUT2D eigenvalue weighted by molar-refractivity contribution is 5.96. The lowest BCUT2D eigenvalue weighted by Crippen LogP contribution is -2.31. The molecule has 6 nitrogen and oxygen atoms in total. The number of amides is 1. The van der Waals surface area contributed by atoms with Crippen LogP contribution in [0, 0.1) is 5.82 Å². The van der Waals surface area contributed by atoms with Gasteiger partial charge in [0.2, 0.25) is 5.75 Å². The second-order valence-electron chi connectivity index (χ2n) is 6.58. The Labute approximate surface area is 165 Å². The van der Waals surface area contributed by atoms with E-state index in [0.29, 0.717) is 29.2 Å². The van der Waals surface area contributed by atoms with Crippen molar-refractivity contribution in [3.05, 3.63) is 53.3 Å². The molecule has 0 aromatic heterocycles. The Morgan fingerprint density at radius 2 is 1.61 bits per heavy atom. The highest BCUT2D eigenvalue weighted by Gasteiger charge is 2.20. The van der Waals surface area contributed by atoms with E-state index in [2.05, 4.69) is 5.32 Å². The van der Waals surface area contributed by atoms with Crippen LogP contribution in [0.25, 0.3) is 0 Å². The minimum Gasteiger partial charge on any atom is -0.493 e. The second kappa shape index (κ2) is 9.94. The van der Waals surface area contributed by atoms with Crippen LogP contribution in [0.1, 0.15) is 28.4 Å². The summed E-state index contributed by atoms with van der Waals surface area (Å²) < 4.78 is 29.2. The first-order valence-electron chi connectivity index (χ1n) is 8.90. The number of carbonyl (C=O) groups is 1. The van der Waals surface area contributed by atoms with E-state index in [-0.39, 0.29) is 17.8 Å². The van der Waals surface area contributed by atoms with Gasteiger partial charge in [-0.05, 0) is 56.9 Å². The molecule has 0 fully saturated rings. The molecule has 0 spiro atoms. The minimum atomic E-state index is -0.314. The predicted octanol–water partition coefficient (Wildman–Crippen LogP) is 3.27. The summed E-state index contributed by atoms with van der Waals surface area (Å²) in [4.78, 5) is 15.0. The molecule has 0 radical (unpaired) electrons. The van der Waals surface area contributed by atoms with Crippen LogP contribution in [0.4, 0.5) is 4.39 Å². The second-order valence-corrected chi connectivity index (χ2v) is 6.58. The standard InChI is InChI=1S/C21H27FN2O4/c1-24(2)11-10-17(14-6-8-16(22)9-7-14)23-21(25)15-12-18(26-3)20(28-5)19(13-15)27-4/h6-9,12-13,17H,10-11H2,1-5H3,(H,23,25). The van der Waals surface area contributed by atoms with Gasteiger partial charge in [-0.2, -0.15) is 0 Å². The van der Waals surface area contributed by atoms with E-state index in [1.807, 2.05) is 19.0 Å². The first kappa shape index (κ1) is 21.5. The fourth-order valence-electron chi connectivity index (χ4n) is 2.86. The summed E-state index contributed by atoms with van der Waals surface area (Å²) in [7, 11) is 8.42. The molecular weight excluding hydrogens is 363 g/mol. The van der Waals surface area contributed by atoms with Crippen molar-refractivity contribution in [2.24, 2.45) is 0 Å². The Morgan fingerprint density at radius 3 is 2.07 bits per heavy atom. The lowest BCUT2D eigenvalue weighted by Gasteiger charge is -2.22. The molecule has 0 bridgehead atoms. The Hall–Kier alpha value is -2.80. The summed E-state index contributed by atoms with van der Waals surface area (Å²) in [5.74, 6) is 0.625. The van der Waals surface area contributed by atoms with Gasteiger partial charge >= 0.3 is 0 Å². The van der Waals surface area contributed by atoms with Crippen molar-refractivity contribution in [3.8, 4) is 17.2 Å². The van der Waals surface area contributed by atoms with Crippen molar-refractivity contribution in [1.82, 2.24) is 10.2 Å². The Kier molecular flexibility index (Phi) is 7.63. The maximum Gasteiger partial charge on any atom is 0.252 e. The van der Waals surface area contributed by atoms with Crippen molar-refractivity contribution < 1.29 is 23.4 Å². The zero-order valence-corrected chi connectivity index (χ0v) is 16.9. The van der Waals surface area contributed by atoms with E-state index in [1.165, 1.54) is 33.5 Å². The van der Waals surface area contributed by atoms with Gasteiger partial charge in [-0.1, -0.05) is 12.1 Å². The molecule has 1 atom stereocenters. The Morgan fingerprint density at radius 1 is 1.04 bits per heavy atom. The van der Waals surface area contributed by atoms with Crippen LogP contribution in [0.3, 0.4) is 0 Å². The van der Waals surface area contributed by atoms with Gasteiger partial charge in [0.25, 0.3) is 5.91 Å². The smallest absolute Gasteiger partial charge is 0.252 e. The average Bonchev–Trinajstić information content (AvgIpc) is 2.70. The minimum absolute atomic E-state index is 0.269. The summed E-state index contributed by atoms with van der Waals surface area (Å²) in [6.45, 7) is 0.761. The predicted molar refractivity (Wildman–Crippen MR) is 106 cm³/mol. The normalized spacial score (nSPS) is 11.8. The quantitative estimate of drug-likeness (QED) is 0.712. The molecule has 0 aliphatic rings. The third kappa shape index (κ3) is 5.36. The van der Waals surface area contributed by atoms with Crippen molar-refractivity contribution in [1.29, 1.82) is 0 Å². The zero-order chi connectivity index (χ0) is 20.7. The molecule has 1 unspecified atom stereocenters. The third-order valence-corrected chi connectivity index (χ3v) is 4.37. The maximum atomic E-state index is 13.3. The molecule has 0 aliphatic heterocycles. The van der Waals surface area contributed by atoms with Crippen LogP contribution in [-0.2, 0) is 0 Å². The van der Waals surface area contributed by atoms with Gasteiger partial charge in [-0.15, -0.1) is 0 Å². The third-order valence-electron chi connectivity index (χ3n) is 4.37. The number of rotatable bonds is 9. The largest absolute Gasteiger partial charge is 0.493 e. The molecular formula is C21H27FN2O4. The number of nitrogens with one attached hydrogen (secondary N) is 1. The van der Waals surface area contributed by atoms with E-state index in [1.54, 1.807) is 24.3 Å². The Balaban J connectivity index is 2.30. The molecule has 0 heterocycles. The number of carbonyl (C=O) groups excluding carboxylic acids is 1. The lowest BCUT2D eigenvalue weighted by atomic mass is 10.0. The van der Waals surface area contributed by atoms with E-state index in [9.17, 15) is 9.18 Å². The average molecular weight is 390 g/mol. The Bertz CT molecular complexity index is 768. The van der Waals surface area contributed by atoms with E-state index >= 15 is 0 Å². The number of benzene rings is 2. The van der Waals surface area contributed by atoms with E-state index in [0.717, 1.165) is 12.1 Å². The van der Waals surface area contributed by atoms with Gasteiger partial charge < -0.3 is 24.4 Å². The maximum absolute atomic E-state index is 13.3. The van der Waals surface area contributed by atoms with Crippen LogP contribution in [0.15, 0.2) is 36.4 Å². The first-order valence-corrected chi connectivity index (χ1v) is 8.90. The number of hydrogen-bond donors (Lipinski definition) is 1. The van der Waals surface area contributed by atoms with Gasteiger partial charge in [-0.3, -0.25) is 4.79 Å². The number of hydrogen-bond acceptors (Lipinski definition) is 5. The zero-order valence-electron chi connectivity index (χ0n) is 16.9. The SMILES string of the molecule is COc1cc(C(=O)NC(CCN(C)C)c2ccc(F)cc2)cc(OC)c1OC. The molecule has 152 valence electrons. The van der Waals surface area contributed by atoms with E-state index < -0.39 is 0 Å². The molecule has 0 saturated carbocycles. The first-order chi connectivity index (χ1) is 13.4. The fraction of sp³-hybridized carbons (Fsp3) is 0.381. The van der Waals surface area contributed by atoms with Crippen LogP contribution >= 0.6 is 0 Å². The van der Waals surface area contributed by atoms with Crippen molar-refractivity contribution in [2.45, 2.75) is 12.5 Å². The van der Waals surface area contributed by atoms with Crippen LogP contribution in [0.5, 0.6) is 17.2 Å². The van der Waals surface area contributed by atoms with Gasteiger partial charge in [-0.25, -0.2) is 4.39 Å². The summed E-state index contributed by atoms with van der Waals surface area (Å²) >= 11 is 0. The molecule has 0 aliphatic carbocycles. The molecule has 7 heteroatoms. The fourth-order valence-corrected chi connectivity index (χ4v) is 2.86. The number of halogens is 1. The van der Waals surface area contributed by atoms with Crippen molar-refractivity contribution >= 4 is 5.91 Å². The topological polar surface area (TPSA) is 60.0 Å². The van der Waals surface area contributed by atoms with Crippen LogP contribution in [0.2, 0.25) is 0 Å². The molecule has 1 amide bonds. The van der Waals surface area contributed by atoms with Crippen LogP contribution < -0.4 is 19.5 Å². The molecule has 0 saturated heterocycles. The summed E-state index contributed by atoms with van der Waals surface area (Å²) in [6.07, 6.45) is 0.675. The van der Waals surface area contributed by atoms with Gasteiger partial charge in [0.15, 0.2) is 11.5 Å². The molecule has 28 heavy (non-hydrogen) atoms. The monoisotopic (exact) mass is 390 g/mol. The number of nitrogens with zero attached hydrogens (tertiary/aromatic N) is 1. The van der Waals surface area contributed by atoms with E-state index in [4.69, 9.17) is 14.2 Å². The van der Waals surface area contributed by atoms with Crippen LogP contribution in [-0.4, -0.2) is 52.8 Å². The van der Waals surface area contributed by atoms with Crippen molar-refractivity contribution in [3.63, 3.8) is 0 Å². The molecule has 1 N–H and O–H groups in total. The molecule has 2 rings (SSSR count). The summed E-state index contributed by atoms with van der Waals surface area (Å²) in [5.41, 5.74) is 1.22. The highest BCUT2D eigenvalue weighted by atomic mass is 19.1. The number of methoxy groups -OCH3 is 3. The molecule has 2 aromatic rings. The highest BCUT2D eigenvalue weighted by Crippen LogP contribution is 2.38.